The van der Waals surface area contributed by atoms with Gasteiger partial charge in [0.15, 0.2) is 0 Å². The van der Waals surface area contributed by atoms with Crippen molar-refractivity contribution in [1.82, 2.24) is 15.2 Å². The fourth-order valence-electron chi connectivity index (χ4n) is 3.96. The number of aliphatic carboxylic acids is 1. The number of carbonyl (C=O) groups excluding carboxylic acids is 2. The number of nitrogens with one attached hydrogen (secondary N) is 1. The van der Waals surface area contributed by atoms with Crippen LogP contribution >= 0.6 is 11.8 Å². The number of hydrogen-bond donors (Lipinski definition) is 2. The maximum Gasteiger partial charge on any atom is 0.407 e. The molecular formula is C23H31N3O6S. The van der Waals surface area contributed by atoms with Gasteiger partial charge in [-0.2, -0.15) is 0 Å². The Balaban J connectivity index is 1.69. The van der Waals surface area contributed by atoms with Gasteiger partial charge in [0.25, 0.3) is 0 Å². The molecule has 0 aliphatic carbocycles. The highest BCUT2D eigenvalue weighted by molar-refractivity contribution is 8.08. The van der Waals surface area contributed by atoms with Gasteiger partial charge in [-0.3, -0.25) is 9.78 Å². The molecule has 3 atom stereocenters. The number of allylic oxidation sites excluding steroid dienone is 1. The van der Waals surface area contributed by atoms with Gasteiger partial charge in [0.05, 0.1) is 19.4 Å². The van der Waals surface area contributed by atoms with Gasteiger partial charge in [-0.1, -0.05) is 26.8 Å². The predicted molar refractivity (Wildman–Crippen MR) is 125 cm³/mol. The van der Waals surface area contributed by atoms with Crippen molar-refractivity contribution in [2.24, 2.45) is 11.3 Å². The number of rotatable bonds is 7. The zero-order chi connectivity index (χ0) is 24.2. The van der Waals surface area contributed by atoms with Crippen molar-refractivity contribution in [2.75, 3.05) is 26.0 Å². The summed E-state index contributed by atoms with van der Waals surface area (Å²) in [7, 11) is 1.22. The highest BCUT2D eigenvalue weighted by Gasteiger charge is 2.45. The topological polar surface area (TPSA) is 118 Å². The first-order valence-corrected chi connectivity index (χ1v) is 11.9. The van der Waals surface area contributed by atoms with Gasteiger partial charge in [-0.05, 0) is 24.3 Å². The quantitative estimate of drug-likeness (QED) is 0.615. The standard InChI is InChI=1S/C23H31N3O6S/c1-23(2,3)19(25-22(30)31-4)20(27)26-12-14(10-17(26)21(28)29)13-32-15-7-8-24-16(11-15)18-6-5-9-33-18/h6-8,11,14,17,19H,5,9-10,12-13H2,1-4H3,(H,25,30)(H,28,29)/t14-,17+,19-/m1/s1. The first-order valence-electron chi connectivity index (χ1n) is 10.9. The van der Waals surface area contributed by atoms with Crippen molar-refractivity contribution in [3.8, 4) is 5.75 Å². The van der Waals surface area contributed by atoms with Crippen LogP contribution in [0, 0.1) is 11.3 Å². The minimum atomic E-state index is -1.08. The molecule has 0 saturated carbocycles. The molecule has 1 fully saturated rings. The second kappa shape index (κ2) is 10.5. The Morgan fingerprint density at radius 2 is 2.12 bits per heavy atom. The summed E-state index contributed by atoms with van der Waals surface area (Å²) in [6, 6.07) is 1.74. The third-order valence-corrected chi connectivity index (χ3v) is 6.82. The molecule has 9 nitrogen and oxygen atoms in total. The van der Waals surface area contributed by atoms with Crippen LogP contribution in [0.1, 0.15) is 39.3 Å². The molecule has 3 rings (SSSR count). The number of methoxy groups -OCH3 is 1. The molecule has 180 valence electrons. The van der Waals surface area contributed by atoms with E-state index in [1.54, 1.807) is 44.8 Å². The summed E-state index contributed by atoms with van der Waals surface area (Å²) in [5, 5.41) is 12.3. The number of carboxylic acids is 1. The Bertz CT molecular complexity index is 929. The van der Waals surface area contributed by atoms with Crippen LogP contribution < -0.4 is 10.1 Å². The molecule has 0 spiro atoms. The fraction of sp³-hybridized carbons (Fsp3) is 0.565. The SMILES string of the molecule is COC(=O)N[C@H](C(=O)N1C[C@H](COc2ccnc(C3=CCCS3)c2)C[C@H]1C(=O)O)C(C)(C)C. The van der Waals surface area contributed by atoms with Gasteiger partial charge in [-0.25, -0.2) is 9.59 Å². The molecule has 0 aromatic carbocycles. The van der Waals surface area contributed by atoms with Crippen molar-refractivity contribution >= 4 is 34.6 Å². The van der Waals surface area contributed by atoms with E-state index in [2.05, 4.69) is 21.1 Å². The summed E-state index contributed by atoms with van der Waals surface area (Å²) in [4.78, 5) is 43.9. The van der Waals surface area contributed by atoms with Crippen LogP contribution in [0.15, 0.2) is 24.4 Å². The van der Waals surface area contributed by atoms with Crippen LogP contribution in [0.25, 0.3) is 4.91 Å². The molecule has 2 aliphatic heterocycles. The van der Waals surface area contributed by atoms with Crippen LogP contribution in [0.5, 0.6) is 5.75 Å². The van der Waals surface area contributed by atoms with Crippen LogP contribution in [0.2, 0.25) is 0 Å². The monoisotopic (exact) mass is 477 g/mol. The molecule has 3 heterocycles. The highest BCUT2D eigenvalue weighted by Crippen LogP contribution is 2.34. The lowest BCUT2D eigenvalue weighted by Crippen LogP contribution is -2.56. The summed E-state index contributed by atoms with van der Waals surface area (Å²) in [5.74, 6) is 0.0213. The minimum Gasteiger partial charge on any atom is -0.493 e. The summed E-state index contributed by atoms with van der Waals surface area (Å²) in [6.07, 6.45) is 4.41. The van der Waals surface area contributed by atoms with Crippen LogP contribution in [0.3, 0.4) is 0 Å². The number of carbonyl (C=O) groups is 3. The van der Waals surface area contributed by atoms with E-state index in [1.165, 1.54) is 12.0 Å². The normalized spacial score (nSPS) is 21.3. The van der Waals surface area contributed by atoms with Gasteiger partial charge >= 0.3 is 12.1 Å². The number of amides is 2. The smallest absolute Gasteiger partial charge is 0.407 e. The highest BCUT2D eigenvalue weighted by atomic mass is 32.2. The largest absolute Gasteiger partial charge is 0.493 e. The Morgan fingerprint density at radius 3 is 2.73 bits per heavy atom. The minimum absolute atomic E-state index is 0.162. The van der Waals surface area contributed by atoms with E-state index < -0.39 is 35.5 Å². The van der Waals surface area contributed by atoms with Crippen LogP contribution in [-0.2, 0) is 14.3 Å². The summed E-state index contributed by atoms with van der Waals surface area (Å²) >= 11 is 1.76. The van der Waals surface area contributed by atoms with E-state index in [1.807, 2.05) is 6.07 Å². The third kappa shape index (κ3) is 6.19. The number of alkyl carbamates (subject to hydrolysis) is 1. The number of aromatic nitrogens is 1. The van der Waals surface area contributed by atoms with Crippen molar-refractivity contribution < 1.29 is 29.0 Å². The number of ether oxygens (including phenoxy) is 2. The number of nitrogens with zero attached hydrogens (tertiary/aromatic N) is 2. The number of thioether (sulfide) groups is 1. The first kappa shape index (κ1) is 24.9. The molecular weight excluding hydrogens is 446 g/mol. The number of pyridine rings is 1. The maximum absolute atomic E-state index is 13.3. The number of likely N-dealkylation sites (tertiary alicyclic amines) is 1. The lowest BCUT2D eigenvalue weighted by atomic mass is 9.85. The number of carboxylic acid groups (broad SMARTS) is 1. The van der Waals surface area contributed by atoms with Crippen LogP contribution in [-0.4, -0.2) is 71.1 Å². The Kier molecular flexibility index (Phi) is 7.88. The average Bonchev–Trinajstić information content (AvgIpc) is 3.45. The van der Waals surface area contributed by atoms with E-state index in [0.29, 0.717) is 5.75 Å². The summed E-state index contributed by atoms with van der Waals surface area (Å²) < 4.78 is 10.6. The van der Waals surface area contributed by atoms with E-state index in [4.69, 9.17) is 4.74 Å². The average molecular weight is 478 g/mol. The van der Waals surface area contributed by atoms with Crippen molar-refractivity contribution in [3.05, 3.63) is 30.1 Å². The zero-order valence-electron chi connectivity index (χ0n) is 19.4. The molecule has 1 saturated heterocycles. The van der Waals surface area contributed by atoms with E-state index in [-0.39, 0.29) is 25.5 Å². The van der Waals surface area contributed by atoms with Gasteiger partial charge < -0.3 is 24.8 Å². The molecule has 1 aromatic rings. The Morgan fingerprint density at radius 1 is 1.36 bits per heavy atom. The Hall–Kier alpha value is -2.75. The molecule has 0 radical (unpaired) electrons. The molecule has 2 N–H and O–H groups in total. The molecule has 10 heteroatoms. The van der Waals surface area contributed by atoms with Gasteiger partial charge in [0.1, 0.15) is 17.8 Å². The fourth-order valence-corrected chi connectivity index (χ4v) is 4.91. The molecule has 1 aromatic heterocycles. The molecule has 0 unspecified atom stereocenters. The second-order valence-electron chi connectivity index (χ2n) is 9.27. The lowest BCUT2D eigenvalue weighted by Gasteiger charge is -2.34. The third-order valence-electron chi connectivity index (χ3n) is 5.69. The van der Waals surface area contributed by atoms with Crippen LogP contribution in [0.4, 0.5) is 4.79 Å². The van der Waals surface area contributed by atoms with Crippen molar-refractivity contribution in [2.45, 2.75) is 45.7 Å². The summed E-state index contributed by atoms with van der Waals surface area (Å²) in [6.45, 7) is 5.91. The molecule has 33 heavy (non-hydrogen) atoms. The number of hydrogen-bond acceptors (Lipinski definition) is 7. The van der Waals surface area contributed by atoms with Gasteiger partial charge in [-0.15, -0.1) is 11.8 Å². The van der Waals surface area contributed by atoms with Crippen molar-refractivity contribution in [3.63, 3.8) is 0 Å². The molecule has 2 amide bonds. The second-order valence-corrected chi connectivity index (χ2v) is 10.4. The zero-order valence-corrected chi connectivity index (χ0v) is 20.2. The predicted octanol–water partition coefficient (Wildman–Crippen LogP) is 3.01. The molecule has 0 bridgehead atoms. The Labute approximate surface area is 197 Å². The maximum atomic E-state index is 13.3. The van der Waals surface area contributed by atoms with Crippen molar-refractivity contribution in [1.29, 1.82) is 0 Å². The lowest BCUT2D eigenvalue weighted by molar-refractivity contribution is -0.150. The summed E-state index contributed by atoms with van der Waals surface area (Å²) in [5.41, 5.74) is 0.229. The van der Waals surface area contributed by atoms with Gasteiger partial charge in [0.2, 0.25) is 5.91 Å². The van der Waals surface area contributed by atoms with Gasteiger partial charge in [0, 0.05) is 35.4 Å². The van der Waals surface area contributed by atoms with E-state index in [0.717, 1.165) is 22.8 Å². The van der Waals surface area contributed by atoms with E-state index >= 15 is 0 Å². The first-order chi connectivity index (χ1) is 15.6. The molecule has 2 aliphatic rings. The van der Waals surface area contributed by atoms with E-state index in [9.17, 15) is 19.5 Å².